The molecule has 0 aromatic carbocycles. The summed E-state index contributed by atoms with van der Waals surface area (Å²) in [4.78, 5) is 29.6. The van der Waals surface area contributed by atoms with Crippen molar-refractivity contribution in [3.8, 4) is 0 Å². The van der Waals surface area contributed by atoms with Crippen molar-refractivity contribution >= 4 is 39.6 Å². The number of rotatable bonds is 8. The number of halogens is 1. The van der Waals surface area contributed by atoms with E-state index in [1.165, 1.54) is 29.8 Å². The maximum Gasteiger partial charge on any atom is 0.271 e. The summed E-state index contributed by atoms with van der Waals surface area (Å²) in [6, 6.07) is 3.02. The second-order valence-corrected chi connectivity index (χ2v) is 7.26. The van der Waals surface area contributed by atoms with E-state index in [1.54, 1.807) is 6.21 Å². The molecule has 1 amide bonds. The molecule has 0 spiro atoms. The zero-order valence-corrected chi connectivity index (χ0v) is 17.4. The van der Waals surface area contributed by atoms with Crippen molar-refractivity contribution in [2.45, 2.75) is 26.4 Å². The van der Waals surface area contributed by atoms with Crippen molar-refractivity contribution in [2.75, 3.05) is 5.32 Å². The number of allylic oxidation sites excluding steroid dienone is 1. The molecule has 0 saturated heterocycles. The fourth-order valence-corrected chi connectivity index (χ4v) is 3.57. The highest BCUT2D eigenvalue weighted by Crippen LogP contribution is 2.24. The summed E-state index contributed by atoms with van der Waals surface area (Å²) < 4.78 is 14.0. The van der Waals surface area contributed by atoms with Crippen LogP contribution in [0.2, 0.25) is 0 Å². The Hall–Kier alpha value is -3.46. The number of fused-ring (bicyclic) bond motifs is 1. The zero-order chi connectivity index (χ0) is 21.5. The van der Waals surface area contributed by atoms with Crippen LogP contribution in [0, 0.1) is 5.82 Å². The minimum Gasteiger partial charge on any atom is -0.348 e. The van der Waals surface area contributed by atoms with Crippen LogP contribution < -0.4 is 10.6 Å². The van der Waals surface area contributed by atoms with Crippen molar-refractivity contribution in [1.82, 2.24) is 20.3 Å². The number of hydrogen-bond donors (Lipinski definition) is 2. The van der Waals surface area contributed by atoms with Gasteiger partial charge in [-0.1, -0.05) is 12.7 Å². The number of thiophene rings is 1. The monoisotopic (exact) mass is 424 g/mol. The van der Waals surface area contributed by atoms with Gasteiger partial charge in [-0.25, -0.2) is 14.4 Å². The molecule has 7 nitrogen and oxygen atoms in total. The van der Waals surface area contributed by atoms with Gasteiger partial charge in [0.2, 0.25) is 5.95 Å². The molecule has 3 aromatic rings. The van der Waals surface area contributed by atoms with E-state index in [4.69, 9.17) is 0 Å². The molecular weight excluding hydrogens is 403 g/mol. The molecule has 9 heteroatoms. The van der Waals surface area contributed by atoms with Crippen LogP contribution in [-0.4, -0.2) is 33.1 Å². The van der Waals surface area contributed by atoms with Gasteiger partial charge < -0.3 is 10.6 Å². The predicted molar refractivity (Wildman–Crippen MR) is 118 cm³/mol. The van der Waals surface area contributed by atoms with Gasteiger partial charge in [-0.15, -0.1) is 11.3 Å². The van der Waals surface area contributed by atoms with Gasteiger partial charge in [0.15, 0.2) is 5.69 Å². The number of carbonyl (C=O) groups excluding carboxylic acids is 1. The molecule has 3 rings (SSSR count). The van der Waals surface area contributed by atoms with Gasteiger partial charge in [-0.05, 0) is 42.5 Å². The molecule has 3 heterocycles. The number of hydrogen-bond acceptors (Lipinski definition) is 7. The van der Waals surface area contributed by atoms with Gasteiger partial charge in [0.1, 0.15) is 5.82 Å². The lowest BCUT2D eigenvalue weighted by atomic mass is 10.1. The maximum absolute atomic E-state index is 13.3. The summed E-state index contributed by atoms with van der Waals surface area (Å²) in [7, 11) is 0. The minimum atomic E-state index is -0.454. The summed E-state index contributed by atoms with van der Waals surface area (Å²) in [5, 5.41) is 7.83. The Morgan fingerprint density at radius 3 is 2.97 bits per heavy atom. The van der Waals surface area contributed by atoms with Crippen LogP contribution in [-0.2, 0) is 6.54 Å². The summed E-state index contributed by atoms with van der Waals surface area (Å²) in [6.07, 6.45) is 7.70. The summed E-state index contributed by atoms with van der Waals surface area (Å²) >= 11 is 1.39. The lowest BCUT2D eigenvalue weighted by molar-refractivity contribution is 0.0948. The van der Waals surface area contributed by atoms with Gasteiger partial charge in [-0.3, -0.25) is 14.8 Å². The van der Waals surface area contributed by atoms with Crippen LogP contribution in [0.5, 0.6) is 0 Å². The van der Waals surface area contributed by atoms with E-state index in [0.29, 0.717) is 21.7 Å². The van der Waals surface area contributed by atoms with Crippen molar-refractivity contribution in [3.63, 3.8) is 0 Å². The number of amides is 1. The van der Waals surface area contributed by atoms with Crippen LogP contribution in [0.1, 0.15) is 29.9 Å². The minimum absolute atomic E-state index is 0.135. The average molecular weight is 425 g/mol. The van der Waals surface area contributed by atoms with E-state index in [-0.39, 0.29) is 24.2 Å². The second kappa shape index (κ2) is 9.84. The number of anilines is 1. The van der Waals surface area contributed by atoms with Crippen LogP contribution in [0.3, 0.4) is 0 Å². The van der Waals surface area contributed by atoms with E-state index >= 15 is 0 Å². The fourth-order valence-electron chi connectivity index (χ4n) is 2.75. The smallest absolute Gasteiger partial charge is 0.271 e. The number of nitrogens with one attached hydrogen (secondary N) is 2. The second-order valence-electron chi connectivity index (χ2n) is 6.34. The number of carbonyl (C=O) groups is 1. The topological polar surface area (TPSA) is 92.2 Å². The Morgan fingerprint density at radius 2 is 2.23 bits per heavy atom. The predicted octanol–water partition coefficient (Wildman–Crippen LogP) is 4.12. The maximum atomic E-state index is 13.3. The average Bonchev–Trinajstić information content (AvgIpc) is 3.20. The van der Waals surface area contributed by atoms with Crippen LogP contribution in [0.4, 0.5) is 10.3 Å². The van der Waals surface area contributed by atoms with Gasteiger partial charge in [0, 0.05) is 25.2 Å². The largest absolute Gasteiger partial charge is 0.348 e. The molecular formula is C21H21FN6OS. The molecule has 0 aliphatic rings. The number of aromatic nitrogens is 3. The molecule has 1 atom stereocenters. The van der Waals surface area contributed by atoms with Crippen LogP contribution >= 0.6 is 11.3 Å². The third-order valence-corrected chi connectivity index (χ3v) is 5.15. The van der Waals surface area contributed by atoms with Gasteiger partial charge >= 0.3 is 0 Å². The van der Waals surface area contributed by atoms with E-state index in [1.807, 2.05) is 31.4 Å². The molecule has 154 valence electrons. The first-order valence-electron chi connectivity index (χ1n) is 9.21. The highest BCUT2D eigenvalue weighted by molar-refractivity contribution is 7.17. The molecule has 1 unspecified atom stereocenters. The van der Waals surface area contributed by atoms with E-state index in [2.05, 4.69) is 37.2 Å². The van der Waals surface area contributed by atoms with E-state index < -0.39 is 5.82 Å². The van der Waals surface area contributed by atoms with Gasteiger partial charge in [0.25, 0.3) is 5.91 Å². The molecule has 0 aliphatic carbocycles. The lowest BCUT2D eigenvalue weighted by Crippen LogP contribution is -2.26. The number of nitrogens with zero attached hydrogens (tertiary/aromatic N) is 4. The molecule has 0 aliphatic heterocycles. The SMILES string of the molecule is C=C/N=C\C(=C/C)C(C)Nc1nc(C(=O)NCc2cncc(F)c2)c2sccc2n1. The Bertz CT molecular complexity index is 1120. The van der Waals surface area contributed by atoms with Crippen LogP contribution in [0.25, 0.3) is 10.2 Å². The third kappa shape index (κ3) is 5.12. The molecule has 2 N–H and O–H groups in total. The first-order chi connectivity index (χ1) is 14.5. The molecule has 30 heavy (non-hydrogen) atoms. The fraction of sp³-hybridized carbons (Fsp3) is 0.190. The highest BCUT2D eigenvalue weighted by Gasteiger charge is 2.17. The quantitative estimate of drug-likeness (QED) is 0.531. The molecule has 0 bridgehead atoms. The van der Waals surface area contributed by atoms with Crippen molar-refractivity contribution in [2.24, 2.45) is 4.99 Å². The number of pyridine rings is 1. The van der Waals surface area contributed by atoms with Crippen LogP contribution in [0.15, 0.2) is 59.3 Å². The van der Waals surface area contributed by atoms with Crippen molar-refractivity contribution < 1.29 is 9.18 Å². The molecule has 0 radical (unpaired) electrons. The van der Waals surface area contributed by atoms with Crippen molar-refractivity contribution in [3.05, 3.63) is 71.4 Å². The van der Waals surface area contributed by atoms with Gasteiger partial charge in [-0.2, -0.15) is 0 Å². The molecule has 3 aromatic heterocycles. The Balaban J connectivity index is 1.82. The lowest BCUT2D eigenvalue weighted by Gasteiger charge is -2.15. The third-order valence-electron chi connectivity index (χ3n) is 4.24. The van der Waals surface area contributed by atoms with E-state index in [9.17, 15) is 9.18 Å². The summed E-state index contributed by atoms with van der Waals surface area (Å²) in [6.45, 7) is 7.57. The Labute approximate surface area is 177 Å². The number of aliphatic imine (C=N–C) groups is 1. The van der Waals surface area contributed by atoms with Crippen molar-refractivity contribution in [1.29, 1.82) is 0 Å². The standard InChI is InChI=1S/C21H21FN6OS/c1-4-15(11-23-5-2)13(3)26-21-27-17-6-7-30-19(17)18(28-21)20(29)25-10-14-8-16(22)12-24-9-14/h4-9,11-13H,2,10H2,1,3H3,(H,25,29)(H,26,27,28)/b15-4+,23-11-. The van der Waals surface area contributed by atoms with Gasteiger partial charge in [0.05, 0.1) is 22.5 Å². The molecule has 0 saturated carbocycles. The summed E-state index contributed by atoms with van der Waals surface area (Å²) in [5.41, 5.74) is 2.42. The first-order valence-corrected chi connectivity index (χ1v) is 10.1. The normalized spacial score (nSPS) is 12.8. The van der Waals surface area contributed by atoms with E-state index in [0.717, 1.165) is 11.8 Å². The molecule has 0 fully saturated rings. The first kappa shape index (κ1) is 21.3. The highest BCUT2D eigenvalue weighted by atomic mass is 32.1. The Kier molecular flexibility index (Phi) is 6.97. The summed E-state index contributed by atoms with van der Waals surface area (Å²) in [5.74, 6) is -0.494. The zero-order valence-electron chi connectivity index (χ0n) is 16.6. The Morgan fingerprint density at radius 1 is 1.40 bits per heavy atom.